The molecule has 2 aliphatic heterocycles. The molecule has 1 saturated heterocycles. The van der Waals surface area contributed by atoms with Crippen molar-refractivity contribution < 1.29 is 29.3 Å². The lowest BCUT2D eigenvalue weighted by atomic mass is 9.57. The highest BCUT2D eigenvalue weighted by atomic mass is 16.7. The summed E-state index contributed by atoms with van der Waals surface area (Å²) in [6.07, 6.45) is 3.70. The van der Waals surface area contributed by atoms with Gasteiger partial charge < -0.3 is 19.7 Å². The number of ketones is 1. The van der Waals surface area contributed by atoms with Crippen LogP contribution in [-0.4, -0.2) is 45.9 Å². The first-order chi connectivity index (χ1) is 14.8. The van der Waals surface area contributed by atoms with Gasteiger partial charge in [-0.2, -0.15) is 0 Å². The third-order valence-electron chi connectivity index (χ3n) is 6.50. The Morgan fingerprint density at radius 1 is 1.42 bits per heavy atom. The summed E-state index contributed by atoms with van der Waals surface area (Å²) in [6.45, 7) is 5.39. The molecule has 1 amide bonds. The summed E-state index contributed by atoms with van der Waals surface area (Å²) in [7, 11) is 0. The zero-order valence-corrected chi connectivity index (χ0v) is 16.7. The number of aliphatic hydroxyl groups is 1. The summed E-state index contributed by atoms with van der Waals surface area (Å²) in [4.78, 5) is 27.6. The van der Waals surface area contributed by atoms with Crippen molar-refractivity contribution in [3.63, 3.8) is 0 Å². The molecule has 2 N–H and O–H groups in total. The number of benzene rings is 1. The molecule has 4 aliphatic rings. The molecule has 156 valence electrons. The largest absolute Gasteiger partial charge is 0.508 e. The average molecular weight is 417 g/mol. The number of carbonyl (C=O) groups excluding carboxylic acids is 2. The number of fused-ring (bicyclic) bond motifs is 1. The smallest absolute Gasteiger partial charge is 0.415 e. The minimum absolute atomic E-state index is 0.00147. The van der Waals surface area contributed by atoms with Crippen molar-refractivity contribution in [3.05, 3.63) is 48.6 Å². The molecule has 1 saturated carbocycles. The molecule has 31 heavy (non-hydrogen) atoms. The lowest BCUT2D eigenvalue weighted by Gasteiger charge is -2.47. The predicted molar refractivity (Wildman–Crippen MR) is 110 cm³/mol. The molecule has 1 aromatic rings. The fourth-order valence-electron chi connectivity index (χ4n) is 5.22. The first kappa shape index (κ1) is 19.4. The second-order valence-corrected chi connectivity index (χ2v) is 8.05. The summed E-state index contributed by atoms with van der Waals surface area (Å²) >= 11 is 0. The Balaban J connectivity index is 1.86. The second kappa shape index (κ2) is 6.24. The summed E-state index contributed by atoms with van der Waals surface area (Å²) in [5.41, 5.74) is -4.33. The van der Waals surface area contributed by atoms with Crippen molar-refractivity contribution in [1.82, 2.24) is 0 Å². The van der Waals surface area contributed by atoms with E-state index in [1.807, 2.05) is 6.92 Å². The van der Waals surface area contributed by atoms with Gasteiger partial charge in [0.15, 0.2) is 11.4 Å². The highest BCUT2D eigenvalue weighted by Crippen LogP contribution is 2.74. The van der Waals surface area contributed by atoms with Crippen molar-refractivity contribution in [3.8, 4) is 29.4 Å². The van der Waals surface area contributed by atoms with E-state index < -0.39 is 40.6 Å². The van der Waals surface area contributed by atoms with Crippen LogP contribution in [0.3, 0.4) is 0 Å². The zero-order valence-electron chi connectivity index (χ0n) is 16.7. The highest BCUT2D eigenvalue weighted by Gasteiger charge is 2.90. The van der Waals surface area contributed by atoms with Crippen LogP contribution >= 0.6 is 0 Å². The van der Waals surface area contributed by atoms with Crippen molar-refractivity contribution >= 4 is 17.6 Å². The molecule has 5 rings (SSSR count). The molecule has 2 heterocycles. The number of amides is 1. The van der Waals surface area contributed by atoms with Crippen molar-refractivity contribution in [2.45, 2.75) is 36.2 Å². The van der Waals surface area contributed by atoms with E-state index in [1.165, 1.54) is 41.3 Å². The maximum atomic E-state index is 13.1. The zero-order chi connectivity index (χ0) is 22.0. The van der Waals surface area contributed by atoms with Crippen LogP contribution in [0, 0.1) is 29.6 Å². The number of Topliss-reactive ketones (excluding diaryl/α,β-unsaturated/α-hetero) is 1. The van der Waals surface area contributed by atoms with E-state index in [4.69, 9.17) is 9.47 Å². The monoisotopic (exact) mass is 417 g/mol. The molecule has 7 heteroatoms. The van der Waals surface area contributed by atoms with Gasteiger partial charge in [-0.1, -0.05) is 43.3 Å². The quantitative estimate of drug-likeness (QED) is 0.432. The van der Waals surface area contributed by atoms with Gasteiger partial charge in [-0.25, -0.2) is 4.79 Å². The topological polar surface area (TPSA) is 99.6 Å². The Morgan fingerprint density at radius 2 is 2.19 bits per heavy atom. The van der Waals surface area contributed by atoms with Crippen LogP contribution in [0.2, 0.25) is 0 Å². The van der Waals surface area contributed by atoms with E-state index in [9.17, 15) is 19.8 Å². The highest BCUT2D eigenvalue weighted by molar-refractivity contribution is 6.00. The van der Waals surface area contributed by atoms with Crippen LogP contribution in [0.4, 0.5) is 10.5 Å². The second-order valence-electron chi connectivity index (χ2n) is 8.05. The van der Waals surface area contributed by atoms with E-state index in [-0.39, 0.29) is 18.8 Å². The van der Waals surface area contributed by atoms with Crippen LogP contribution in [0.1, 0.15) is 18.9 Å². The number of aromatic hydroxyl groups is 1. The molecule has 2 aliphatic carbocycles. The predicted octanol–water partition coefficient (Wildman–Crippen LogP) is 1.78. The third kappa shape index (κ3) is 2.17. The van der Waals surface area contributed by atoms with E-state index >= 15 is 0 Å². The molecule has 0 unspecified atom stereocenters. The first-order valence-corrected chi connectivity index (χ1v) is 9.88. The summed E-state index contributed by atoms with van der Waals surface area (Å²) in [6, 6.07) is 3.47. The van der Waals surface area contributed by atoms with Crippen molar-refractivity contribution in [2.24, 2.45) is 5.92 Å². The van der Waals surface area contributed by atoms with Crippen LogP contribution in [0.5, 0.6) is 5.75 Å². The Hall–Kier alpha value is -3.52. The molecule has 0 aromatic heterocycles. The Bertz CT molecular complexity index is 1200. The van der Waals surface area contributed by atoms with E-state index in [0.29, 0.717) is 11.3 Å². The van der Waals surface area contributed by atoms with Gasteiger partial charge >= 0.3 is 6.09 Å². The van der Waals surface area contributed by atoms with Gasteiger partial charge in [-0.05, 0) is 36.3 Å². The fraction of sp³-hybridized carbons (Fsp3) is 0.333. The standard InChI is InChI=1S/C24H19NO6/c1-3-12-30-21(28)25-18-10-9-16(26)14-17(18)24-22(29)11-7-5-4-6-8-19(25)23(24,31-24)15(2)13-20(22)27/h3-5,9-10,14-15,19,26,29H,1,12-13H2,2H3/t15-,19-,22-,23-,24-/m0/s1. The number of epoxide rings is 1. The van der Waals surface area contributed by atoms with Crippen molar-refractivity contribution in [2.75, 3.05) is 11.5 Å². The number of ether oxygens (including phenoxy) is 2. The molecule has 7 nitrogen and oxygen atoms in total. The summed E-state index contributed by atoms with van der Waals surface area (Å²) < 4.78 is 11.7. The lowest BCUT2D eigenvalue weighted by molar-refractivity contribution is -0.141. The maximum absolute atomic E-state index is 13.1. The van der Waals surface area contributed by atoms with Crippen LogP contribution in [0.15, 0.2) is 43.0 Å². The molecule has 0 radical (unpaired) electrons. The van der Waals surface area contributed by atoms with E-state index in [0.717, 1.165) is 0 Å². The fourth-order valence-corrected chi connectivity index (χ4v) is 5.22. The van der Waals surface area contributed by atoms with Gasteiger partial charge in [0.2, 0.25) is 5.60 Å². The Labute approximate surface area is 178 Å². The number of allylic oxidation sites excluding steroid dienone is 2. The summed E-state index contributed by atoms with van der Waals surface area (Å²) in [5.74, 6) is 10.4. The normalized spacial score (nSPS) is 35.9. The average Bonchev–Trinajstić information content (AvgIpc) is 3.47. The molecule has 5 atom stereocenters. The number of rotatable bonds is 2. The minimum atomic E-state index is -2.17. The van der Waals surface area contributed by atoms with Gasteiger partial charge in [0.05, 0.1) is 5.69 Å². The number of phenolic OH excluding ortho intramolecular Hbond substituents is 1. The van der Waals surface area contributed by atoms with Crippen LogP contribution in [-0.2, 0) is 19.9 Å². The van der Waals surface area contributed by atoms with E-state index in [2.05, 4.69) is 30.3 Å². The number of phenols is 1. The Morgan fingerprint density at radius 3 is 2.97 bits per heavy atom. The first-order valence-electron chi connectivity index (χ1n) is 9.88. The number of carbonyl (C=O) groups is 2. The van der Waals surface area contributed by atoms with Gasteiger partial charge in [0.1, 0.15) is 24.0 Å². The number of anilines is 1. The lowest BCUT2D eigenvalue weighted by Crippen LogP contribution is -2.67. The van der Waals surface area contributed by atoms with E-state index in [1.54, 1.807) is 0 Å². The number of hydrogen-bond donors (Lipinski definition) is 2. The maximum Gasteiger partial charge on any atom is 0.415 e. The Kier molecular flexibility index (Phi) is 3.92. The van der Waals surface area contributed by atoms with Crippen LogP contribution < -0.4 is 4.90 Å². The SMILES string of the molecule is C=CCOC(=O)N1c2ccc(O)cc2[C@@]23O[C@@]24[C@@H]1C#CC=CC#C[C@]3(O)C(=O)C[C@@H]4C. The number of nitrogens with zero attached hydrogens (tertiary/aromatic N) is 1. The van der Waals surface area contributed by atoms with Gasteiger partial charge in [0, 0.05) is 12.0 Å². The summed E-state index contributed by atoms with van der Waals surface area (Å²) in [5, 5.41) is 21.9. The number of hydrogen-bond acceptors (Lipinski definition) is 6. The molecule has 0 spiro atoms. The van der Waals surface area contributed by atoms with Gasteiger partial charge in [0.25, 0.3) is 0 Å². The van der Waals surface area contributed by atoms with Crippen LogP contribution in [0.25, 0.3) is 0 Å². The molecular formula is C24H19NO6. The van der Waals surface area contributed by atoms with Gasteiger partial charge in [-0.15, -0.1) is 0 Å². The molecule has 1 aromatic carbocycles. The molecule has 4 bridgehead atoms. The van der Waals surface area contributed by atoms with Gasteiger partial charge in [-0.3, -0.25) is 9.69 Å². The molecule has 2 fully saturated rings. The van der Waals surface area contributed by atoms with Crippen molar-refractivity contribution in [1.29, 1.82) is 0 Å². The molecular weight excluding hydrogens is 398 g/mol. The minimum Gasteiger partial charge on any atom is -0.508 e. The third-order valence-corrected chi connectivity index (χ3v) is 6.50.